The number of imidazole rings is 1. The number of benzene rings is 5. The van der Waals surface area contributed by atoms with Crippen LogP contribution in [0.25, 0.3) is 81.4 Å². The zero-order chi connectivity index (χ0) is 33.0. The first-order valence-corrected chi connectivity index (χ1v) is 17.1. The van der Waals surface area contributed by atoms with Gasteiger partial charge >= 0.3 is 0 Å². The van der Waals surface area contributed by atoms with Crippen LogP contribution in [0.15, 0.2) is 128 Å². The number of aromatic nitrogens is 3. The Bertz CT molecular complexity index is 2840. The predicted octanol–water partition coefficient (Wildman–Crippen LogP) is 11.8. The van der Waals surface area contributed by atoms with Gasteiger partial charge in [-0.3, -0.25) is 4.40 Å². The van der Waals surface area contributed by atoms with E-state index < -0.39 is 11.9 Å². The van der Waals surface area contributed by atoms with Crippen molar-refractivity contribution in [3.63, 3.8) is 0 Å². The lowest BCUT2D eigenvalue weighted by Gasteiger charge is -2.22. The maximum absolute atomic E-state index is 14.6. The van der Waals surface area contributed by atoms with Gasteiger partial charge in [0.15, 0.2) is 0 Å². The van der Waals surface area contributed by atoms with E-state index in [1.807, 2.05) is 18.2 Å². The lowest BCUT2D eigenvalue weighted by molar-refractivity contribution is 0.515. The van der Waals surface area contributed by atoms with Gasteiger partial charge in [-0.15, -0.1) is 11.3 Å². The van der Waals surface area contributed by atoms with E-state index in [0.717, 1.165) is 44.5 Å². The average Bonchev–Trinajstić information content (AvgIpc) is 3.73. The molecule has 4 aromatic heterocycles. The van der Waals surface area contributed by atoms with E-state index in [0.29, 0.717) is 11.1 Å². The molecule has 0 spiro atoms. The fourth-order valence-corrected chi connectivity index (χ4v) is 8.77. The molecule has 0 bridgehead atoms. The van der Waals surface area contributed by atoms with Crippen LogP contribution in [0.5, 0.6) is 0 Å². The third-order valence-corrected chi connectivity index (χ3v) is 11.4. The summed E-state index contributed by atoms with van der Waals surface area (Å²) >= 11 is 1.78. The minimum absolute atomic E-state index is 0.298. The maximum Gasteiger partial charge on any atom is 0.223 e. The minimum Gasteiger partial charge on any atom is -0.290 e. The van der Waals surface area contributed by atoms with Crippen LogP contribution < -0.4 is 0 Å². The highest BCUT2D eigenvalue weighted by molar-refractivity contribution is 7.25. The average molecular weight is 656 g/mol. The summed E-state index contributed by atoms with van der Waals surface area (Å²) in [6.07, 6.45) is 2.20. The molecule has 0 N–H and O–H groups in total. The van der Waals surface area contributed by atoms with Crippen LogP contribution in [0.1, 0.15) is 25.0 Å². The quantitative estimate of drug-likeness (QED) is 0.177. The zero-order valence-electron chi connectivity index (χ0n) is 26.6. The second kappa shape index (κ2) is 10.1. The Morgan fingerprint density at radius 2 is 1.20 bits per heavy atom. The molecule has 5 aromatic carbocycles. The molecule has 234 valence electrons. The summed E-state index contributed by atoms with van der Waals surface area (Å²) in [4.78, 5) is 9.50. The largest absolute Gasteiger partial charge is 0.290 e. The summed E-state index contributed by atoms with van der Waals surface area (Å²) in [5.41, 5.74) is 12.0. The number of pyridine rings is 2. The number of halogens is 2. The van der Waals surface area contributed by atoms with Gasteiger partial charge in [0, 0.05) is 27.3 Å². The van der Waals surface area contributed by atoms with Gasteiger partial charge in [-0.1, -0.05) is 80.6 Å². The van der Waals surface area contributed by atoms with Gasteiger partial charge in [0.2, 0.25) is 11.9 Å². The van der Waals surface area contributed by atoms with Crippen LogP contribution in [0.3, 0.4) is 0 Å². The molecular formula is C43H27F2N3S. The van der Waals surface area contributed by atoms with Gasteiger partial charge in [0.25, 0.3) is 0 Å². The summed E-state index contributed by atoms with van der Waals surface area (Å²) in [6, 6.07) is 41.4. The van der Waals surface area contributed by atoms with Gasteiger partial charge in [-0.05, 0) is 115 Å². The van der Waals surface area contributed by atoms with Crippen LogP contribution >= 0.6 is 11.3 Å². The second-order valence-corrected chi connectivity index (χ2v) is 14.4. The molecule has 10 rings (SSSR count). The van der Waals surface area contributed by atoms with Crippen molar-refractivity contribution in [1.82, 2.24) is 14.4 Å². The van der Waals surface area contributed by atoms with Crippen molar-refractivity contribution in [1.29, 1.82) is 0 Å². The molecule has 0 saturated carbocycles. The van der Waals surface area contributed by atoms with Gasteiger partial charge in [-0.2, -0.15) is 13.8 Å². The van der Waals surface area contributed by atoms with Crippen LogP contribution in [-0.2, 0) is 5.41 Å². The van der Waals surface area contributed by atoms with Crippen molar-refractivity contribution >= 4 is 48.2 Å². The monoisotopic (exact) mass is 655 g/mol. The number of thiophene rings is 1. The van der Waals surface area contributed by atoms with Crippen molar-refractivity contribution in [2.24, 2.45) is 0 Å². The first-order chi connectivity index (χ1) is 23.8. The van der Waals surface area contributed by atoms with Crippen molar-refractivity contribution < 1.29 is 8.78 Å². The number of hydrogen-bond acceptors (Lipinski definition) is 3. The summed E-state index contributed by atoms with van der Waals surface area (Å²) in [5.74, 6) is -1.62. The Kier molecular flexibility index (Phi) is 5.86. The first kappa shape index (κ1) is 28.3. The predicted molar refractivity (Wildman–Crippen MR) is 197 cm³/mol. The Balaban J connectivity index is 0.991. The lowest BCUT2D eigenvalue weighted by Crippen LogP contribution is -2.15. The smallest absolute Gasteiger partial charge is 0.223 e. The van der Waals surface area contributed by atoms with E-state index >= 15 is 0 Å². The van der Waals surface area contributed by atoms with Crippen LogP contribution in [-0.4, -0.2) is 14.4 Å². The maximum atomic E-state index is 14.6. The Morgan fingerprint density at radius 3 is 1.96 bits per heavy atom. The summed E-state index contributed by atoms with van der Waals surface area (Å²) < 4.78 is 31.5. The molecule has 0 amide bonds. The minimum atomic E-state index is -0.821. The standard InChI is InChI=1S/C43H27F2N3S/c1-43(2)35-21-28(11-14-32(35)33-15-12-29(22-36(33)43)31-16-17-38(44)46-41(31)45)26-8-7-25-20-27(10-9-24(25)19-26)30-13-18-39-47-40-34-5-3-4-6-37(34)49-42(40)48(39)23-30/h3-23H,1-2H3. The molecule has 0 radical (unpaired) electrons. The second-order valence-electron chi connectivity index (χ2n) is 13.4. The molecule has 3 nitrogen and oxygen atoms in total. The van der Waals surface area contributed by atoms with E-state index in [9.17, 15) is 8.78 Å². The Morgan fingerprint density at radius 1 is 0.592 bits per heavy atom. The Hall–Kier alpha value is -5.72. The number of hydrogen-bond donors (Lipinski definition) is 0. The van der Waals surface area contributed by atoms with Gasteiger partial charge < -0.3 is 0 Å². The third-order valence-electron chi connectivity index (χ3n) is 10.2. The van der Waals surface area contributed by atoms with Gasteiger partial charge in [0.1, 0.15) is 16.0 Å². The molecule has 1 aliphatic carbocycles. The fourth-order valence-electron chi connectivity index (χ4n) is 7.64. The van der Waals surface area contributed by atoms with Crippen molar-refractivity contribution in [3.8, 4) is 44.5 Å². The molecule has 1 aliphatic rings. The topological polar surface area (TPSA) is 30.2 Å². The highest BCUT2D eigenvalue weighted by Crippen LogP contribution is 2.51. The summed E-state index contributed by atoms with van der Waals surface area (Å²) in [6.45, 7) is 4.42. The number of rotatable bonds is 3. The van der Waals surface area contributed by atoms with Crippen molar-refractivity contribution in [3.05, 3.63) is 151 Å². The SMILES string of the molecule is CC1(C)c2cc(-c3ccc4cc(-c5ccc6nc7c8ccccc8sc7n6c5)ccc4c3)ccc2-c2ccc(-c3ccc(F)nc3F)cc21. The van der Waals surface area contributed by atoms with Crippen molar-refractivity contribution in [2.45, 2.75) is 19.3 Å². The van der Waals surface area contributed by atoms with E-state index in [-0.39, 0.29) is 5.41 Å². The molecule has 6 heteroatoms. The molecule has 4 heterocycles. The van der Waals surface area contributed by atoms with Crippen LogP contribution in [0.2, 0.25) is 0 Å². The first-order valence-electron chi connectivity index (χ1n) is 16.3. The highest BCUT2D eigenvalue weighted by atomic mass is 32.1. The molecule has 0 unspecified atom stereocenters. The van der Waals surface area contributed by atoms with E-state index in [4.69, 9.17) is 4.98 Å². The van der Waals surface area contributed by atoms with Gasteiger partial charge in [0.05, 0.1) is 0 Å². The number of fused-ring (bicyclic) bond motifs is 9. The zero-order valence-corrected chi connectivity index (χ0v) is 27.4. The number of nitrogens with zero attached hydrogens (tertiary/aromatic N) is 3. The highest BCUT2D eigenvalue weighted by Gasteiger charge is 2.36. The normalized spacial score (nSPS) is 13.5. The molecule has 49 heavy (non-hydrogen) atoms. The third kappa shape index (κ3) is 4.23. The van der Waals surface area contributed by atoms with Crippen molar-refractivity contribution in [2.75, 3.05) is 0 Å². The molecule has 0 atom stereocenters. The summed E-state index contributed by atoms with van der Waals surface area (Å²) in [5, 5.41) is 3.57. The van der Waals surface area contributed by atoms with E-state index in [1.54, 1.807) is 11.3 Å². The molecule has 0 aliphatic heterocycles. The fraction of sp³-hybridized carbons (Fsp3) is 0.0698. The molecule has 0 saturated heterocycles. The van der Waals surface area contributed by atoms with E-state index in [2.05, 4.69) is 120 Å². The van der Waals surface area contributed by atoms with Crippen LogP contribution in [0, 0.1) is 11.9 Å². The summed E-state index contributed by atoms with van der Waals surface area (Å²) in [7, 11) is 0. The molecular weight excluding hydrogens is 629 g/mol. The Labute approximate surface area is 284 Å². The molecule has 0 fully saturated rings. The molecule has 9 aromatic rings. The van der Waals surface area contributed by atoms with Gasteiger partial charge in [-0.25, -0.2) is 4.98 Å². The van der Waals surface area contributed by atoms with E-state index in [1.165, 1.54) is 48.9 Å². The van der Waals surface area contributed by atoms with Crippen LogP contribution in [0.4, 0.5) is 8.78 Å². The lowest BCUT2D eigenvalue weighted by atomic mass is 9.81.